The van der Waals surface area contributed by atoms with E-state index in [0.29, 0.717) is 0 Å². The van der Waals surface area contributed by atoms with Gasteiger partial charge < -0.3 is 10.2 Å². The van der Waals surface area contributed by atoms with Crippen molar-refractivity contribution < 1.29 is 23.2 Å². The molecule has 5 nitrogen and oxygen atoms in total. The molecule has 3 aromatic carbocycles. The van der Waals surface area contributed by atoms with Crippen molar-refractivity contribution in [2.45, 2.75) is 4.75 Å². The maximum absolute atomic E-state index is 12.9. The Kier molecular flexibility index (Phi) is 5.98. The Hall–Kier alpha value is -1.67. The average Bonchev–Trinajstić information content (AvgIpc) is 2.63. The maximum Gasteiger partial charge on any atom is 0.283 e. The van der Waals surface area contributed by atoms with Crippen LogP contribution >= 0.6 is 46.4 Å². The van der Waals surface area contributed by atoms with Crippen molar-refractivity contribution in [3.8, 4) is 11.5 Å². The zero-order valence-electron chi connectivity index (χ0n) is 14.3. The predicted molar refractivity (Wildman–Crippen MR) is 114 cm³/mol. The van der Waals surface area contributed by atoms with E-state index in [0.717, 1.165) is 0 Å². The van der Waals surface area contributed by atoms with E-state index in [2.05, 4.69) is 0 Å². The van der Waals surface area contributed by atoms with Crippen LogP contribution in [0.15, 0.2) is 54.6 Å². The van der Waals surface area contributed by atoms with E-state index in [1.54, 1.807) is 0 Å². The van der Waals surface area contributed by atoms with Gasteiger partial charge >= 0.3 is 0 Å². The van der Waals surface area contributed by atoms with Crippen molar-refractivity contribution in [2.24, 2.45) is 0 Å². The number of hydrogen-bond donors (Lipinski definition) is 3. The van der Waals surface area contributed by atoms with E-state index >= 15 is 0 Å². The Morgan fingerprint density at radius 2 is 1.31 bits per heavy atom. The summed E-state index contributed by atoms with van der Waals surface area (Å²) in [4.78, 5) is 0. The zero-order chi connectivity index (χ0) is 21.6. The summed E-state index contributed by atoms with van der Waals surface area (Å²) in [6, 6.07) is 11.2. The lowest BCUT2D eigenvalue weighted by Crippen LogP contribution is -2.38. The summed E-state index contributed by atoms with van der Waals surface area (Å²) in [7, 11) is -5.04. The zero-order valence-corrected chi connectivity index (χ0v) is 18.1. The molecule has 0 aliphatic heterocycles. The van der Waals surface area contributed by atoms with E-state index in [9.17, 15) is 23.2 Å². The third kappa shape index (κ3) is 3.77. The lowest BCUT2D eigenvalue weighted by atomic mass is 9.83. The second-order valence-electron chi connectivity index (χ2n) is 6.12. The molecule has 0 radical (unpaired) electrons. The van der Waals surface area contributed by atoms with Crippen LogP contribution in [-0.2, 0) is 14.9 Å². The van der Waals surface area contributed by atoms with Gasteiger partial charge in [-0.25, -0.2) is 0 Å². The molecule has 10 heteroatoms. The smallest absolute Gasteiger partial charge is 0.283 e. The van der Waals surface area contributed by atoms with Gasteiger partial charge in [-0.15, -0.1) is 0 Å². The number of phenols is 2. The van der Waals surface area contributed by atoms with Crippen LogP contribution in [0.2, 0.25) is 20.1 Å². The van der Waals surface area contributed by atoms with Crippen LogP contribution in [0.5, 0.6) is 11.5 Å². The molecule has 3 N–H and O–H groups in total. The molecule has 0 bridgehead atoms. The summed E-state index contributed by atoms with van der Waals surface area (Å²) < 4.78 is 33.9. The lowest BCUT2D eigenvalue weighted by Gasteiger charge is -2.33. The summed E-state index contributed by atoms with van der Waals surface area (Å²) in [6.07, 6.45) is 0. The normalized spacial score (nSPS) is 13.8. The van der Waals surface area contributed by atoms with Gasteiger partial charge in [-0.05, 0) is 53.6 Å². The highest BCUT2D eigenvalue weighted by atomic mass is 35.5. The summed E-state index contributed by atoms with van der Waals surface area (Å²) in [5.41, 5.74) is -0.347. The molecular formula is C19H12Cl4O5S. The van der Waals surface area contributed by atoms with Crippen LogP contribution in [0.1, 0.15) is 16.7 Å². The molecule has 0 amide bonds. The van der Waals surface area contributed by atoms with Crippen LogP contribution < -0.4 is 0 Å². The summed E-state index contributed by atoms with van der Waals surface area (Å²) >= 11 is 24.3. The van der Waals surface area contributed by atoms with Crippen molar-refractivity contribution in [3.63, 3.8) is 0 Å². The largest absolute Gasteiger partial charge is 0.508 e. The van der Waals surface area contributed by atoms with E-state index < -0.39 is 20.6 Å². The standard InChI is InChI=1S/C19H12Cl4O5S/c20-12-3-6-17(25)14(9-12)19(29(26,27)28,10-1-4-13(24)5-2-10)11-7-15(21)18(23)16(22)8-11/h1-9,24-25H,(H,26,27,28). The van der Waals surface area contributed by atoms with Gasteiger partial charge in [0, 0.05) is 10.6 Å². The molecule has 0 fully saturated rings. The van der Waals surface area contributed by atoms with Crippen LogP contribution in [0.25, 0.3) is 0 Å². The van der Waals surface area contributed by atoms with Gasteiger partial charge in [0.1, 0.15) is 11.5 Å². The van der Waals surface area contributed by atoms with E-state index in [-0.39, 0.29) is 42.5 Å². The minimum absolute atomic E-state index is 0.00942. The Balaban J connectivity index is 2.58. The molecule has 0 aromatic heterocycles. The fraction of sp³-hybridized carbons (Fsp3) is 0.0526. The first kappa shape index (κ1) is 22.0. The van der Waals surface area contributed by atoms with Gasteiger partial charge in [0.2, 0.25) is 0 Å². The van der Waals surface area contributed by atoms with Crippen molar-refractivity contribution in [1.29, 1.82) is 0 Å². The fourth-order valence-corrected chi connectivity index (χ4v) is 5.22. The summed E-state index contributed by atoms with van der Waals surface area (Å²) in [5, 5.41) is 20.1. The molecule has 0 spiro atoms. The Morgan fingerprint density at radius 1 is 0.759 bits per heavy atom. The van der Waals surface area contributed by atoms with Crippen molar-refractivity contribution in [2.75, 3.05) is 0 Å². The molecule has 152 valence electrons. The highest BCUT2D eigenvalue weighted by Gasteiger charge is 2.50. The topological polar surface area (TPSA) is 94.8 Å². The molecule has 29 heavy (non-hydrogen) atoms. The number of hydrogen-bond acceptors (Lipinski definition) is 4. The second kappa shape index (κ2) is 7.87. The molecule has 1 atom stereocenters. The van der Waals surface area contributed by atoms with Crippen LogP contribution in [0, 0.1) is 0 Å². The van der Waals surface area contributed by atoms with Gasteiger partial charge in [-0.2, -0.15) is 8.42 Å². The van der Waals surface area contributed by atoms with Crippen LogP contribution in [0.4, 0.5) is 0 Å². The van der Waals surface area contributed by atoms with Crippen LogP contribution in [-0.4, -0.2) is 23.2 Å². The number of halogens is 4. The SMILES string of the molecule is O=S(=O)(O)C(c1ccc(O)cc1)(c1cc(Cl)c(Cl)c(Cl)c1)c1cc(Cl)ccc1O. The Labute approximate surface area is 186 Å². The molecule has 3 rings (SSSR count). The van der Waals surface area contributed by atoms with Crippen LogP contribution in [0.3, 0.4) is 0 Å². The van der Waals surface area contributed by atoms with E-state index in [4.69, 9.17) is 46.4 Å². The molecule has 0 saturated heterocycles. The molecule has 0 aliphatic rings. The van der Waals surface area contributed by atoms with Crippen molar-refractivity contribution in [1.82, 2.24) is 0 Å². The van der Waals surface area contributed by atoms with Gasteiger partial charge in [-0.1, -0.05) is 58.5 Å². The van der Waals surface area contributed by atoms with Gasteiger partial charge in [0.25, 0.3) is 10.1 Å². The quantitative estimate of drug-likeness (QED) is 0.239. The molecule has 3 aromatic rings. The highest BCUT2D eigenvalue weighted by Crippen LogP contribution is 2.49. The fourth-order valence-electron chi connectivity index (χ4n) is 3.16. The van der Waals surface area contributed by atoms with Gasteiger partial charge in [-0.3, -0.25) is 4.55 Å². The predicted octanol–water partition coefficient (Wildman–Crippen LogP) is 5.89. The van der Waals surface area contributed by atoms with E-state index in [1.807, 2.05) is 0 Å². The van der Waals surface area contributed by atoms with E-state index in [1.165, 1.54) is 54.6 Å². The number of rotatable bonds is 4. The molecular weight excluding hydrogens is 482 g/mol. The third-order valence-corrected chi connectivity index (χ3v) is 7.29. The summed E-state index contributed by atoms with van der Waals surface area (Å²) in [6.45, 7) is 0. The van der Waals surface area contributed by atoms with Crippen molar-refractivity contribution >= 4 is 56.5 Å². The van der Waals surface area contributed by atoms with Crippen molar-refractivity contribution in [3.05, 3.63) is 91.4 Å². The molecule has 0 aliphatic carbocycles. The third-order valence-electron chi connectivity index (χ3n) is 4.39. The summed E-state index contributed by atoms with van der Waals surface area (Å²) in [5.74, 6) is -0.595. The molecule has 0 saturated carbocycles. The lowest BCUT2D eigenvalue weighted by molar-refractivity contribution is 0.440. The maximum atomic E-state index is 12.9. The first-order valence-corrected chi connectivity index (χ1v) is 10.8. The molecule has 1 unspecified atom stereocenters. The van der Waals surface area contributed by atoms with Gasteiger partial charge in [0.15, 0.2) is 4.75 Å². The number of benzene rings is 3. The Bertz CT molecular complexity index is 1170. The Morgan fingerprint density at radius 3 is 1.83 bits per heavy atom. The average molecular weight is 494 g/mol. The van der Waals surface area contributed by atoms with Gasteiger partial charge in [0.05, 0.1) is 15.1 Å². The minimum Gasteiger partial charge on any atom is -0.508 e. The highest BCUT2D eigenvalue weighted by molar-refractivity contribution is 7.87. The minimum atomic E-state index is -5.04. The number of phenolic OH excluding ortho intramolecular Hbond substituents is 2. The first-order valence-electron chi connectivity index (χ1n) is 7.89. The number of aromatic hydroxyl groups is 2. The molecule has 0 heterocycles. The first-order chi connectivity index (χ1) is 13.5. The monoisotopic (exact) mass is 492 g/mol. The second-order valence-corrected chi connectivity index (χ2v) is 9.31.